The standard InChI is InChI=1S/C71H112O6/c1-4-7-10-13-16-19-22-25-28-30-32-33-34-35-36-37-39-40-43-46-49-52-55-58-61-64-70(73)76-67-68(66-75-69(72)63-60-57-54-51-48-45-42-27-24-21-18-15-12-9-6-3)77-71(74)65-62-59-56-53-50-47-44-41-38-31-29-26-23-20-17-14-11-8-5-2/h7,9-10,12,16,18-19,21,25-29,32-33,35-36,39-40,42,46,48-49,51,57,60,68H,4-6,8,11,13-15,17,20,22-24,30-31,34,37-38,41,43-45,47,50,52-56,58-59,61-67H2,1-3H3/b10-7-,12-9-,19-16-,21-18-,28-25-,29-26-,33-32-,36-35-,40-39-,42-27-,49-46-,51-48-,60-57-. The van der Waals surface area contributed by atoms with Crippen LogP contribution in [0.4, 0.5) is 0 Å². The highest BCUT2D eigenvalue weighted by molar-refractivity contribution is 5.72. The molecule has 0 rings (SSSR count). The molecule has 0 saturated carbocycles. The van der Waals surface area contributed by atoms with Crippen LogP contribution in [0.25, 0.3) is 0 Å². The van der Waals surface area contributed by atoms with Crippen LogP contribution < -0.4 is 0 Å². The molecule has 0 saturated heterocycles. The van der Waals surface area contributed by atoms with Crippen molar-refractivity contribution in [3.05, 3.63) is 158 Å². The first-order valence-corrected chi connectivity index (χ1v) is 31.0. The number of hydrogen-bond acceptors (Lipinski definition) is 6. The van der Waals surface area contributed by atoms with Crippen molar-refractivity contribution in [1.29, 1.82) is 0 Å². The summed E-state index contributed by atoms with van der Waals surface area (Å²) < 4.78 is 16.8. The molecule has 6 nitrogen and oxygen atoms in total. The maximum atomic E-state index is 12.9. The second-order valence-electron chi connectivity index (χ2n) is 19.9. The van der Waals surface area contributed by atoms with E-state index >= 15 is 0 Å². The monoisotopic (exact) mass is 1060 g/mol. The van der Waals surface area contributed by atoms with Crippen LogP contribution in [0.5, 0.6) is 0 Å². The van der Waals surface area contributed by atoms with Crippen molar-refractivity contribution in [2.24, 2.45) is 0 Å². The molecule has 0 aromatic rings. The van der Waals surface area contributed by atoms with Crippen LogP contribution in [0.15, 0.2) is 158 Å². The van der Waals surface area contributed by atoms with Crippen molar-refractivity contribution in [3.63, 3.8) is 0 Å². The molecule has 0 heterocycles. The van der Waals surface area contributed by atoms with Gasteiger partial charge in [-0.3, -0.25) is 14.4 Å². The second-order valence-corrected chi connectivity index (χ2v) is 19.9. The number of carbonyl (C=O) groups is 3. The Hall–Kier alpha value is -4.97. The third-order valence-electron chi connectivity index (χ3n) is 12.5. The average molecular weight is 1060 g/mol. The highest BCUT2D eigenvalue weighted by Gasteiger charge is 2.19. The van der Waals surface area contributed by atoms with Crippen molar-refractivity contribution < 1.29 is 28.6 Å². The fourth-order valence-electron chi connectivity index (χ4n) is 7.96. The van der Waals surface area contributed by atoms with Gasteiger partial charge in [0.1, 0.15) is 13.2 Å². The van der Waals surface area contributed by atoms with E-state index in [0.717, 1.165) is 122 Å². The largest absolute Gasteiger partial charge is 0.462 e. The van der Waals surface area contributed by atoms with E-state index in [1.165, 1.54) is 89.9 Å². The van der Waals surface area contributed by atoms with E-state index in [9.17, 15) is 14.4 Å². The third kappa shape index (κ3) is 61.8. The molecule has 0 fully saturated rings. The molecule has 77 heavy (non-hydrogen) atoms. The van der Waals surface area contributed by atoms with E-state index in [1.54, 1.807) is 6.08 Å². The van der Waals surface area contributed by atoms with Gasteiger partial charge in [0.2, 0.25) is 0 Å². The molecule has 432 valence electrons. The number of esters is 3. The maximum Gasteiger partial charge on any atom is 0.309 e. The van der Waals surface area contributed by atoms with E-state index in [1.807, 2.05) is 6.08 Å². The topological polar surface area (TPSA) is 78.9 Å². The fraction of sp³-hybridized carbons (Fsp3) is 0.592. The minimum absolute atomic E-state index is 0.113. The lowest BCUT2D eigenvalue weighted by atomic mass is 10.1. The van der Waals surface area contributed by atoms with Gasteiger partial charge >= 0.3 is 17.9 Å². The molecular formula is C71H112O6. The van der Waals surface area contributed by atoms with Crippen LogP contribution in [-0.4, -0.2) is 37.2 Å². The molecule has 0 spiro atoms. The zero-order valence-electron chi connectivity index (χ0n) is 49.4. The average Bonchev–Trinajstić information content (AvgIpc) is 3.43. The Kier molecular flexibility index (Phi) is 59.5. The van der Waals surface area contributed by atoms with Crippen molar-refractivity contribution in [3.8, 4) is 0 Å². The highest BCUT2D eigenvalue weighted by atomic mass is 16.6. The van der Waals surface area contributed by atoms with Crippen LogP contribution in [0.2, 0.25) is 0 Å². The quantitative estimate of drug-likeness (QED) is 0.0261. The fourth-order valence-corrected chi connectivity index (χ4v) is 7.96. The summed E-state index contributed by atoms with van der Waals surface area (Å²) in [4.78, 5) is 38.2. The van der Waals surface area contributed by atoms with Gasteiger partial charge < -0.3 is 14.2 Å². The van der Waals surface area contributed by atoms with Crippen LogP contribution in [0.3, 0.4) is 0 Å². The van der Waals surface area contributed by atoms with Gasteiger partial charge in [-0.25, -0.2) is 0 Å². The molecule has 0 amide bonds. The van der Waals surface area contributed by atoms with E-state index in [-0.39, 0.29) is 31.6 Å². The van der Waals surface area contributed by atoms with Crippen molar-refractivity contribution in [1.82, 2.24) is 0 Å². The molecule has 0 radical (unpaired) electrons. The molecule has 6 heteroatoms. The number of carbonyl (C=O) groups excluding carboxylic acids is 3. The molecular weight excluding hydrogens is 949 g/mol. The zero-order valence-corrected chi connectivity index (χ0v) is 49.4. The van der Waals surface area contributed by atoms with Crippen molar-refractivity contribution >= 4 is 17.9 Å². The Morgan fingerprint density at radius 3 is 0.935 bits per heavy atom. The van der Waals surface area contributed by atoms with Gasteiger partial charge in [-0.2, -0.15) is 0 Å². The summed E-state index contributed by atoms with van der Waals surface area (Å²) in [5, 5.41) is 0. The number of hydrogen-bond donors (Lipinski definition) is 0. The Balaban J connectivity index is 4.54. The summed E-state index contributed by atoms with van der Waals surface area (Å²) in [6, 6.07) is 0. The summed E-state index contributed by atoms with van der Waals surface area (Å²) in [5.41, 5.74) is 0. The van der Waals surface area contributed by atoms with Gasteiger partial charge in [-0.15, -0.1) is 0 Å². The van der Waals surface area contributed by atoms with Crippen molar-refractivity contribution in [2.45, 2.75) is 258 Å². The van der Waals surface area contributed by atoms with Gasteiger partial charge in [0, 0.05) is 12.8 Å². The van der Waals surface area contributed by atoms with E-state index in [0.29, 0.717) is 12.8 Å². The van der Waals surface area contributed by atoms with Gasteiger partial charge in [0.15, 0.2) is 6.10 Å². The van der Waals surface area contributed by atoms with Crippen LogP contribution >= 0.6 is 0 Å². The van der Waals surface area contributed by atoms with E-state index in [2.05, 4.69) is 167 Å². The number of rotatable bonds is 54. The summed E-state index contributed by atoms with van der Waals surface area (Å²) in [5.74, 6) is -1.10. The molecule has 1 unspecified atom stereocenters. The molecule has 0 aliphatic carbocycles. The summed E-state index contributed by atoms with van der Waals surface area (Å²) in [6.45, 7) is 6.29. The first-order valence-electron chi connectivity index (χ1n) is 31.0. The maximum absolute atomic E-state index is 12.9. The summed E-state index contributed by atoms with van der Waals surface area (Å²) in [6.07, 6.45) is 92.7. The van der Waals surface area contributed by atoms with Crippen LogP contribution in [0.1, 0.15) is 252 Å². The first-order chi connectivity index (χ1) is 38.0. The second kappa shape index (κ2) is 63.6. The molecule has 0 aromatic heterocycles. The predicted octanol–water partition coefficient (Wildman–Crippen LogP) is 21.3. The Morgan fingerprint density at radius 1 is 0.286 bits per heavy atom. The number of ether oxygens (including phenoxy) is 3. The summed E-state index contributed by atoms with van der Waals surface area (Å²) >= 11 is 0. The number of allylic oxidation sites excluding steroid dienone is 25. The van der Waals surface area contributed by atoms with Gasteiger partial charge in [0.25, 0.3) is 0 Å². The van der Waals surface area contributed by atoms with Crippen LogP contribution in [0, 0.1) is 0 Å². The predicted molar refractivity (Wildman–Crippen MR) is 334 cm³/mol. The van der Waals surface area contributed by atoms with Gasteiger partial charge in [-0.1, -0.05) is 262 Å². The molecule has 0 aliphatic rings. The Bertz CT molecular complexity index is 1740. The third-order valence-corrected chi connectivity index (χ3v) is 12.5. The smallest absolute Gasteiger partial charge is 0.309 e. The SMILES string of the molecule is CC/C=C\C/C=C\C/C=C\C/C=C\C/C=C\C/C=C\C/C=C\CCCCCC(=O)OCC(COC(=O)C/C=C\C/C=C\C/C=C\C/C=C\C/C=C\CC)OC(=O)CCCCCCCCCCC/C=C\CCCCCCCC. The normalized spacial score (nSPS) is 13.2. The number of unbranched alkanes of at least 4 members (excludes halogenated alkanes) is 18. The lowest BCUT2D eigenvalue weighted by Gasteiger charge is -2.18. The van der Waals surface area contributed by atoms with Gasteiger partial charge in [-0.05, 0) is 128 Å². The first kappa shape index (κ1) is 72.0. The van der Waals surface area contributed by atoms with Gasteiger partial charge in [0.05, 0.1) is 6.42 Å². The molecule has 0 N–H and O–H groups in total. The Labute approximate surface area is 473 Å². The zero-order chi connectivity index (χ0) is 55.7. The summed E-state index contributed by atoms with van der Waals surface area (Å²) in [7, 11) is 0. The molecule has 1 atom stereocenters. The van der Waals surface area contributed by atoms with E-state index < -0.39 is 12.1 Å². The minimum atomic E-state index is -0.842. The molecule has 0 aromatic carbocycles. The lowest BCUT2D eigenvalue weighted by Crippen LogP contribution is -2.30. The van der Waals surface area contributed by atoms with Crippen molar-refractivity contribution in [2.75, 3.05) is 13.2 Å². The Morgan fingerprint density at radius 2 is 0.558 bits per heavy atom. The lowest BCUT2D eigenvalue weighted by molar-refractivity contribution is -0.166. The highest BCUT2D eigenvalue weighted by Crippen LogP contribution is 2.14. The van der Waals surface area contributed by atoms with Crippen LogP contribution in [-0.2, 0) is 28.6 Å². The molecule has 0 aliphatic heterocycles. The molecule has 0 bridgehead atoms. The van der Waals surface area contributed by atoms with E-state index in [4.69, 9.17) is 14.2 Å². The minimum Gasteiger partial charge on any atom is -0.462 e.